The Bertz CT molecular complexity index is 402. The lowest BCUT2D eigenvalue weighted by Crippen LogP contribution is -2.49. The van der Waals surface area contributed by atoms with E-state index in [-0.39, 0.29) is 18.3 Å². The molecule has 1 aromatic rings. The molecule has 2 rings (SSSR count). The van der Waals surface area contributed by atoms with Crippen molar-refractivity contribution in [2.45, 2.75) is 20.3 Å². The zero-order chi connectivity index (χ0) is 13.7. The van der Waals surface area contributed by atoms with E-state index in [9.17, 15) is 4.79 Å². The highest BCUT2D eigenvalue weighted by Crippen LogP contribution is 2.20. The third-order valence-electron chi connectivity index (χ3n) is 3.85. The number of halogens is 1. The van der Waals surface area contributed by atoms with Gasteiger partial charge in [-0.15, -0.1) is 12.4 Å². The number of nitrogens with one attached hydrogen (secondary N) is 1. The van der Waals surface area contributed by atoms with Crippen LogP contribution in [0.5, 0.6) is 0 Å². The summed E-state index contributed by atoms with van der Waals surface area (Å²) in [6, 6.07) is 10.3. The van der Waals surface area contributed by atoms with Crippen molar-refractivity contribution in [1.29, 1.82) is 0 Å². The standard InChI is InChI=1S/C16H24N2O.ClH/c1-13(2)15(12-14-6-4-3-5-7-14)16(19)18-10-8-17-9-11-18;/h3-7,13,15,17H,8-12H2,1-2H3;1H. The minimum absolute atomic E-state index is 0. The summed E-state index contributed by atoms with van der Waals surface area (Å²) in [6.45, 7) is 7.82. The Morgan fingerprint density at radius 1 is 1.20 bits per heavy atom. The molecule has 1 aliphatic rings. The van der Waals surface area contributed by atoms with Crippen LogP contribution in [-0.2, 0) is 11.2 Å². The molecule has 1 N–H and O–H groups in total. The van der Waals surface area contributed by atoms with Gasteiger partial charge in [0.2, 0.25) is 5.91 Å². The maximum absolute atomic E-state index is 12.6. The van der Waals surface area contributed by atoms with Gasteiger partial charge in [-0.2, -0.15) is 0 Å². The van der Waals surface area contributed by atoms with Crippen molar-refractivity contribution >= 4 is 18.3 Å². The minimum atomic E-state index is 0. The van der Waals surface area contributed by atoms with Gasteiger partial charge in [0, 0.05) is 32.1 Å². The number of nitrogens with zero attached hydrogens (tertiary/aromatic N) is 1. The minimum Gasteiger partial charge on any atom is -0.340 e. The number of piperazine rings is 1. The summed E-state index contributed by atoms with van der Waals surface area (Å²) < 4.78 is 0. The van der Waals surface area contributed by atoms with E-state index >= 15 is 0 Å². The number of carbonyl (C=O) groups excluding carboxylic acids is 1. The van der Waals surface area contributed by atoms with Crippen molar-refractivity contribution in [3.63, 3.8) is 0 Å². The monoisotopic (exact) mass is 296 g/mol. The molecule has 20 heavy (non-hydrogen) atoms. The molecular formula is C16H25ClN2O. The van der Waals surface area contributed by atoms with Crippen LogP contribution >= 0.6 is 12.4 Å². The molecule has 0 spiro atoms. The molecule has 0 saturated carbocycles. The highest BCUT2D eigenvalue weighted by Gasteiger charge is 2.27. The van der Waals surface area contributed by atoms with Crippen molar-refractivity contribution in [2.75, 3.05) is 26.2 Å². The molecular weight excluding hydrogens is 272 g/mol. The molecule has 1 amide bonds. The lowest BCUT2D eigenvalue weighted by molar-refractivity contribution is -0.137. The van der Waals surface area contributed by atoms with Crippen molar-refractivity contribution in [3.8, 4) is 0 Å². The number of hydrogen-bond acceptors (Lipinski definition) is 2. The van der Waals surface area contributed by atoms with Gasteiger partial charge in [0.05, 0.1) is 0 Å². The zero-order valence-corrected chi connectivity index (χ0v) is 13.2. The molecule has 1 aromatic carbocycles. The molecule has 1 heterocycles. The van der Waals surface area contributed by atoms with Gasteiger partial charge >= 0.3 is 0 Å². The summed E-state index contributed by atoms with van der Waals surface area (Å²) in [5, 5.41) is 3.29. The Hall–Kier alpha value is -1.06. The van der Waals surface area contributed by atoms with Crippen LogP contribution in [0, 0.1) is 11.8 Å². The largest absolute Gasteiger partial charge is 0.340 e. The first-order valence-corrected chi connectivity index (χ1v) is 7.22. The number of hydrogen-bond donors (Lipinski definition) is 1. The predicted molar refractivity (Wildman–Crippen MR) is 85.2 cm³/mol. The van der Waals surface area contributed by atoms with Crippen molar-refractivity contribution in [1.82, 2.24) is 10.2 Å². The molecule has 0 aliphatic carbocycles. The average Bonchev–Trinajstić information content (AvgIpc) is 2.46. The zero-order valence-electron chi connectivity index (χ0n) is 12.3. The van der Waals surface area contributed by atoms with E-state index in [0.717, 1.165) is 32.6 Å². The topological polar surface area (TPSA) is 32.3 Å². The van der Waals surface area contributed by atoms with E-state index in [1.807, 2.05) is 23.1 Å². The lowest BCUT2D eigenvalue weighted by atomic mass is 9.88. The maximum Gasteiger partial charge on any atom is 0.226 e. The second-order valence-corrected chi connectivity index (χ2v) is 5.62. The Labute approximate surface area is 128 Å². The fourth-order valence-electron chi connectivity index (χ4n) is 2.60. The second-order valence-electron chi connectivity index (χ2n) is 5.62. The Balaban J connectivity index is 0.00000200. The van der Waals surface area contributed by atoms with Crippen molar-refractivity contribution in [2.24, 2.45) is 11.8 Å². The van der Waals surface area contributed by atoms with Gasteiger partial charge in [-0.25, -0.2) is 0 Å². The molecule has 1 atom stereocenters. The van der Waals surface area contributed by atoms with Crippen LogP contribution in [-0.4, -0.2) is 37.0 Å². The summed E-state index contributed by atoms with van der Waals surface area (Å²) in [4.78, 5) is 14.7. The molecule has 1 saturated heterocycles. The number of carbonyl (C=O) groups is 1. The number of benzene rings is 1. The molecule has 0 aromatic heterocycles. The van der Waals surface area contributed by atoms with Gasteiger partial charge in [-0.3, -0.25) is 4.79 Å². The summed E-state index contributed by atoms with van der Waals surface area (Å²) in [6.07, 6.45) is 0.848. The van der Waals surface area contributed by atoms with Crippen LogP contribution < -0.4 is 5.32 Å². The SMILES string of the molecule is CC(C)C(Cc1ccccc1)C(=O)N1CCNCC1.Cl. The van der Waals surface area contributed by atoms with Crippen LogP contribution in [0.3, 0.4) is 0 Å². The van der Waals surface area contributed by atoms with Crippen LogP contribution in [0.25, 0.3) is 0 Å². The van der Waals surface area contributed by atoms with E-state index in [1.54, 1.807) is 0 Å². The van der Waals surface area contributed by atoms with E-state index in [4.69, 9.17) is 0 Å². The fraction of sp³-hybridized carbons (Fsp3) is 0.562. The molecule has 0 radical (unpaired) electrons. The third-order valence-corrected chi connectivity index (χ3v) is 3.85. The normalized spacial score (nSPS) is 16.6. The third kappa shape index (κ3) is 4.50. The highest BCUT2D eigenvalue weighted by molar-refractivity contribution is 5.85. The van der Waals surface area contributed by atoms with E-state index in [0.29, 0.717) is 11.8 Å². The quantitative estimate of drug-likeness (QED) is 0.925. The average molecular weight is 297 g/mol. The summed E-state index contributed by atoms with van der Waals surface area (Å²) in [7, 11) is 0. The smallest absolute Gasteiger partial charge is 0.226 e. The molecule has 1 fully saturated rings. The van der Waals surface area contributed by atoms with Gasteiger partial charge < -0.3 is 10.2 Å². The highest BCUT2D eigenvalue weighted by atomic mass is 35.5. The molecule has 1 aliphatic heterocycles. The molecule has 3 nitrogen and oxygen atoms in total. The van der Waals surface area contributed by atoms with Gasteiger partial charge in [0.1, 0.15) is 0 Å². The predicted octanol–water partition coefficient (Wildman–Crippen LogP) is 2.35. The van der Waals surface area contributed by atoms with Gasteiger partial charge in [0.25, 0.3) is 0 Å². The van der Waals surface area contributed by atoms with Crippen LogP contribution in [0.2, 0.25) is 0 Å². The molecule has 1 unspecified atom stereocenters. The Morgan fingerprint density at radius 3 is 2.35 bits per heavy atom. The fourth-order valence-corrected chi connectivity index (χ4v) is 2.60. The molecule has 0 bridgehead atoms. The summed E-state index contributed by atoms with van der Waals surface area (Å²) in [5.41, 5.74) is 1.25. The van der Waals surface area contributed by atoms with Gasteiger partial charge in [-0.05, 0) is 17.9 Å². The van der Waals surface area contributed by atoms with E-state index < -0.39 is 0 Å². The van der Waals surface area contributed by atoms with Crippen LogP contribution in [0.1, 0.15) is 19.4 Å². The Kier molecular flexibility index (Phi) is 7.03. The van der Waals surface area contributed by atoms with Crippen LogP contribution in [0.15, 0.2) is 30.3 Å². The number of rotatable bonds is 4. The van der Waals surface area contributed by atoms with Gasteiger partial charge in [-0.1, -0.05) is 44.2 Å². The molecule has 4 heteroatoms. The first kappa shape index (κ1) is 17.0. The summed E-state index contributed by atoms with van der Waals surface area (Å²) in [5.74, 6) is 0.795. The molecule has 112 valence electrons. The number of amides is 1. The maximum atomic E-state index is 12.6. The van der Waals surface area contributed by atoms with E-state index in [1.165, 1.54) is 5.56 Å². The first-order chi connectivity index (χ1) is 9.18. The second kappa shape index (κ2) is 8.28. The summed E-state index contributed by atoms with van der Waals surface area (Å²) >= 11 is 0. The van der Waals surface area contributed by atoms with Crippen LogP contribution in [0.4, 0.5) is 0 Å². The van der Waals surface area contributed by atoms with Gasteiger partial charge in [0.15, 0.2) is 0 Å². The lowest BCUT2D eigenvalue weighted by Gasteiger charge is -2.32. The Morgan fingerprint density at radius 2 is 1.80 bits per heavy atom. The van der Waals surface area contributed by atoms with Crippen molar-refractivity contribution < 1.29 is 4.79 Å². The van der Waals surface area contributed by atoms with E-state index in [2.05, 4.69) is 31.3 Å². The van der Waals surface area contributed by atoms with Crippen molar-refractivity contribution in [3.05, 3.63) is 35.9 Å². The first-order valence-electron chi connectivity index (χ1n) is 7.22.